The van der Waals surface area contributed by atoms with Crippen molar-refractivity contribution in [3.8, 4) is 0 Å². The SMILES string of the molecule is CCC(Nc1ccc(C(=O)NC2CC2)cc1)C(C)C. The Morgan fingerprint density at radius 3 is 2.37 bits per heavy atom. The summed E-state index contributed by atoms with van der Waals surface area (Å²) in [4.78, 5) is 11.9. The van der Waals surface area contributed by atoms with E-state index in [0.717, 1.165) is 30.5 Å². The lowest BCUT2D eigenvalue weighted by Crippen LogP contribution is -2.26. The largest absolute Gasteiger partial charge is 0.382 e. The molecule has 2 rings (SSSR count). The van der Waals surface area contributed by atoms with Crippen LogP contribution in [0.4, 0.5) is 5.69 Å². The Morgan fingerprint density at radius 2 is 1.89 bits per heavy atom. The average molecular weight is 260 g/mol. The summed E-state index contributed by atoms with van der Waals surface area (Å²) in [5.74, 6) is 0.646. The lowest BCUT2D eigenvalue weighted by atomic mass is 10.0. The van der Waals surface area contributed by atoms with Crippen LogP contribution < -0.4 is 10.6 Å². The molecule has 19 heavy (non-hydrogen) atoms. The van der Waals surface area contributed by atoms with Crippen LogP contribution in [0.1, 0.15) is 50.4 Å². The highest BCUT2D eigenvalue weighted by molar-refractivity contribution is 5.94. The van der Waals surface area contributed by atoms with Crippen LogP contribution in [0.5, 0.6) is 0 Å². The molecule has 0 spiro atoms. The van der Waals surface area contributed by atoms with Crippen molar-refractivity contribution < 1.29 is 4.79 Å². The first-order valence-electron chi connectivity index (χ1n) is 7.27. The van der Waals surface area contributed by atoms with Gasteiger partial charge in [-0.2, -0.15) is 0 Å². The Bertz CT molecular complexity index is 421. The van der Waals surface area contributed by atoms with E-state index in [9.17, 15) is 4.79 Å². The third-order valence-electron chi connectivity index (χ3n) is 3.66. The van der Waals surface area contributed by atoms with E-state index < -0.39 is 0 Å². The maximum atomic E-state index is 11.9. The summed E-state index contributed by atoms with van der Waals surface area (Å²) >= 11 is 0. The third kappa shape index (κ3) is 3.98. The molecule has 1 fully saturated rings. The fourth-order valence-electron chi connectivity index (χ4n) is 2.17. The number of carbonyl (C=O) groups is 1. The van der Waals surface area contributed by atoms with E-state index in [4.69, 9.17) is 0 Å². The van der Waals surface area contributed by atoms with Crippen molar-refractivity contribution in [2.75, 3.05) is 5.32 Å². The quantitative estimate of drug-likeness (QED) is 0.822. The number of hydrogen-bond donors (Lipinski definition) is 2. The molecule has 1 aromatic carbocycles. The maximum Gasteiger partial charge on any atom is 0.251 e. The van der Waals surface area contributed by atoms with Crippen LogP contribution in [0.25, 0.3) is 0 Å². The van der Waals surface area contributed by atoms with E-state index in [1.165, 1.54) is 0 Å². The van der Waals surface area contributed by atoms with Gasteiger partial charge < -0.3 is 10.6 Å². The fourth-order valence-corrected chi connectivity index (χ4v) is 2.17. The molecule has 2 N–H and O–H groups in total. The first-order valence-corrected chi connectivity index (χ1v) is 7.27. The summed E-state index contributed by atoms with van der Waals surface area (Å²) in [5, 5.41) is 6.52. The van der Waals surface area contributed by atoms with Crippen LogP contribution >= 0.6 is 0 Å². The molecular formula is C16H24N2O. The van der Waals surface area contributed by atoms with Gasteiger partial charge in [0.25, 0.3) is 5.91 Å². The second-order valence-electron chi connectivity index (χ2n) is 5.73. The summed E-state index contributed by atoms with van der Waals surface area (Å²) < 4.78 is 0. The van der Waals surface area contributed by atoms with Gasteiger partial charge in [-0.1, -0.05) is 20.8 Å². The predicted molar refractivity (Wildman–Crippen MR) is 79.5 cm³/mol. The number of anilines is 1. The van der Waals surface area contributed by atoms with E-state index >= 15 is 0 Å². The van der Waals surface area contributed by atoms with Gasteiger partial charge in [0.2, 0.25) is 0 Å². The summed E-state index contributed by atoms with van der Waals surface area (Å²) in [6, 6.07) is 8.67. The van der Waals surface area contributed by atoms with Gasteiger partial charge in [0.1, 0.15) is 0 Å². The van der Waals surface area contributed by atoms with E-state index in [0.29, 0.717) is 18.0 Å². The Morgan fingerprint density at radius 1 is 1.26 bits per heavy atom. The highest BCUT2D eigenvalue weighted by Gasteiger charge is 2.23. The van der Waals surface area contributed by atoms with Gasteiger partial charge in [0, 0.05) is 23.3 Å². The maximum absolute atomic E-state index is 11.9. The molecule has 3 heteroatoms. The normalized spacial score (nSPS) is 16.2. The van der Waals surface area contributed by atoms with Crippen molar-refractivity contribution in [2.45, 2.75) is 52.1 Å². The molecule has 3 nitrogen and oxygen atoms in total. The summed E-state index contributed by atoms with van der Waals surface area (Å²) in [5.41, 5.74) is 1.83. The number of carbonyl (C=O) groups excluding carboxylic acids is 1. The molecule has 1 atom stereocenters. The minimum Gasteiger partial charge on any atom is -0.382 e. The van der Waals surface area contributed by atoms with Crippen LogP contribution in [-0.2, 0) is 0 Å². The number of rotatable bonds is 6. The van der Waals surface area contributed by atoms with E-state index in [1.54, 1.807) is 0 Å². The molecule has 0 aliphatic heterocycles. The van der Waals surface area contributed by atoms with Crippen LogP contribution in [0.3, 0.4) is 0 Å². The van der Waals surface area contributed by atoms with Gasteiger partial charge in [-0.05, 0) is 49.4 Å². The van der Waals surface area contributed by atoms with Crippen molar-refractivity contribution in [2.24, 2.45) is 5.92 Å². The highest BCUT2D eigenvalue weighted by atomic mass is 16.1. The summed E-state index contributed by atoms with van der Waals surface area (Å²) in [6.45, 7) is 6.63. The minimum absolute atomic E-state index is 0.0463. The first-order chi connectivity index (χ1) is 9.10. The van der Waals surface area contributed by atoms with Crippen LogP contribution in [0.15, 0.2) is 24.3 Å². The molecule has 1 saturated carbocycles. The molecule has 1 amide bonds. The standard InChI is InChI=1S/C16H24N2O/c1-4-15(11(2)3)17-13-7-5-12(6-8-13)16(19)18-14-9-10-14/h5-8,11,14-15,17H,4,9-10H2,1-3H3,(H,18,19). The van der Waals surface area contributed by atoms with Crippen molar-refractivity contribution >= 4 is 11.6 Å². The highest BCUT2D eigenvalue weighted by Crippen LogP contribution is 2.20. The smallest absolute Gasteiger partial charge is 0.251 e. The molecule has 1 unspecified atom stereocenters. The predicted octanol–water partition coefficient (Wildman–Crippen LogP) is 3.43. The molecule has 1 aliphatic rings. The van der Waals surface area contributed by atoms with Gasteiger partial charge >= 0.3 is 0 Å². The second kappa shape index (κ2) is 6.09. The fraction of sp³-hybridized carbons (Fsp3) is 0.562. The molecule has 0 aromatic heterocycles. The number of nitrogens with one attached hydrogen (secondary N) is 2. The zero-order valence-electron chi connectivity index (χ0n) is 12.1. The minimum atomic E-state index is 0.0463. The lowest BCUT2D eigenvalue weighted by Gasteiger charge is -2.22. The van der Waals surface area contributed by atoms with Gasteiger partial charge in [0.05, 0.1) is 0 Å². The van der Waals surface area contributed by atoms with Crippen molar-refractivity contribution in [1.29, 1.82) is 0 Å². The molecule has 0 heterocycles. The zero-order chi connectivity index (χ0) is 13.8. The van der Waals surface area contributed by atoms with Crippen molar-refractivity contribution in [1.82, 2.24) is 5.32 Å². The molecule has 1 aromatic rings. The summed E-state index contributed by atoms with van der Waals surface area (Å²) in [6.07, 6.45) is 3.34. The van der Waals surface area contributed by atoms with Crippen LogP contribution in [0.2, 0.25) is 0 Å². The molecule has 104 valence electrons. The summed E-state index contributed by atoms with van der Waals surface area (Å²) in [7, 11) is 0. The molecule has 1 aliphatic carbocycles. The van der Waals surface area contributed by atoms with E-state index in [2.05, 4.69) is 31.4 Å². The monoisotopic (exact) mass is 260 g/mol. The van der Waals surface area contributed by atoms with E-state index in [1.807, 2.05) is 24.3 Å². The number of amides is 1. The molecule has 0 bridgehead atoms. The Balaban J connectivity index is 1.95. The average Bonchev–Trinajstić information content (AvgIpc) is 3.20. The van der Waals surface area contributed by atoms with E-state index in [-0.39, 0.29) is 5.91 Å². The van der Waals surface area contributed by atoms with Crippen LogP contribution in [0, 0.1) is 5.92 Å². The third-order valence-corrected chi connectivity index (χ3v) is 3.66. The van der Waals surface area contributed by atoms with Crippen molar-refractivity contribution in [3.05, 3.63) is 29.8 Å². The Kier molecular flexibility index (Phi) is 4.46. The first kappa shape index (κ1) is 13.9. The van der Waals surface area contributed by atoms with Gasteiger partial charge in [0.15, 0.2) is 0 Å². The second-order valence-corrected chi connectivity index (χ2v) is 5.73. The molecule has 0 saturated heterocycles. The van der Waals surface area contributed by atoms with Gasteiger partial charge in [-0.15, -0.1) is 0 Å². The van der Waals surface area contributed by atoms with Crippen molar-refractivity contribution in [3.63, 3.8) is 0 Å². The van der Waals surface area contributed by atoms with Gasteiger partial charge in [-0.25, -0.2) is 0 Å². The number of benzene rings is 1. The Hall–Kier alpha value is -1.51. The molecule has 0 radical (unpaired) electrons. The number of hydrogen-bond acceptors (Lipinski definition) is 2. The zero-order valence-corrected chi connectivity index (χ0v) is 12.1. The lowest BCUT2D eigenvalue weighted by molar-refractivity contribution is 0.0951. The van der Waals surface area contributed by atoms with Gasteiger partial charge in [-0.3, -0.25) is 4.79 Å². The Labute approximate surface area is 115 Å². The van der Waals surface area contributed by atoms with Crippen LogP contribution in [-0.4, -0.2) is 18.0 Å². The topological polar surface area (TPSA) is 41.1 Å². The molecular weight excluding hydrogens is 236 g/mol.